The van der Waals surface area contributed by atoms with Crippen LogP contribution in [0.1, 0.15) is 0 Å². The fourth-order valence-electron chi connectivity index (χ4n) is 0.544. The fraction of sp³-hybridized carbons (Fsp3) is 0. The molecule has 3 heteroatoms. The van der Waals surface area contributed by atoms with Gasteiger partial charge in [0.25, 0.3) is 0 Å². The smallest absolute Gasteiger partial charge is 0.148 e. The number of para-hydroxylation sites is 1. The average Bonchev–Trinajstić information content (AvgIpc) is 1.89. The van der Waals surface area contributed by atoms with Crippen LogP contribution in [0.5, 0.6) is 0 Å². The predicted molar refractivity (Wildman–Crippen MR) is 30.7 cm³/mol. The molecule has 0 atom stereocenters. The largest absolute Gasteiger partial charge is 0.230 e. The van der Waals surface area contributed by atoms with E-state index in [4.69, 9.17) is 0 Å². The highest BCUT2D eigenvalue weighted by Gasteiger charge is 1.95. The Balaban J connectivity index is 3.01. The molecule has 1 radical (unpaired) electrons. The summed E-state index contributed by atoms with van der Waals surface area (Å²) in [6, 6.07) is 5.71. The van der Waals surface area contributed by atoms with Crippen molar-refractivity contribution in [3.8, 4) is 0 Å². The van der Waals surface area contributed by atoms with Crippen LogP contribution in [0.2, 0.25) is 0 Å². The van der Waals surface area contributed by atoms with Gasteiger partial charge >= 0.3 is 0 Å². The van der Waals surface area contributed by atoms with Gasteiger partial charge in [-0.05, 0) is 12.1 Å². The van der Waals surface area contributed by atoms with E-state index in [0.717, 1.165) is 0 Å². The number of halogens is 1. The van der Waals surface area contributed by atoms with Crippen molar-refractivity contribution in [1.29, 1.82) is 0 Å². The van der Waals surface area contributed by atoms with Crippen LogP contribution in [-0.2, 0) is 5.21 Å². The molecule has 0 heterocycles. The van der Waals surface area contributed by atoms with E-state index in [2.05, 4.69) is 0 Å². The maximum Gasteiger partial charge on any atom is 0.148 e. The third-order valence-corrected chi connectivity index (χ3v) is 0.984. The topological polar surface area (TPSA) is 31.9 Å². The Labute approximate surface area is 51.9 Å². The molecule has 0 spiro atoms. The van der Waals surface area contributed by atoms with Crippen LogP contribution in [0, 0.1) is 5.82 Å². The predicted octanol–water partition coefficient (Wildman–Crippen LogP) is 1.58. The molecule has 47 valence electrons. The molecule has 0 fully saturated rings. The van der Waals surface area contributed by atoms with Crippen molar-refractivity contribution in [2.75, 3.05) is 5.48 Å². The molecule has 9 heavy (non-hydrogen) atoms. The van der Waals surface area contributed by atoms with E-state index < -0.39 is 5.82 Å². The van der Waals surface area contributed by atoms with Crippen LogP contribution in [0.25, 0.3) is 0 Å². The van der Waals surface area contributed by atoms with Gasteiger partial charge in [-0.15, -0.1) is 0 Å². The Bertz CT molecular complexity index is 202. The Morgan fingerprint density at radius 2 is 2.00 bits per heavy atom. The van der Waals surface area contributed by atoms with Gasteiger partial charge in [0.05, 0.1) is 5.69 Å². The van der Waals surface area contributed by atoms with Crippen LogP contribution >= 0.6 is 0 Å². The Morgan fingerprint density at radius 1 is 1.33 bits per heavy atom. The molecule has 0 amide bonds. The van der Waals surface area contributed by atoms with Crippen LogP contribution in [0.4, 0.5) is 10.1 Å². The van der Waals surface area contributed by atoms with E-state index in [0.29, 0.717) is 0 Å². The summed E-state index contributed by atoms with van der Waals surface area (Å²) in [5.74, 6) is -0.521. The minimum atomic E-state index is -0.521. The Hall–Kier alpha value is -1.09. The fourth-order valence-corrected chi connectivity index (χ4v) is 0.544. The normalized spacial score (nSPS) is 9.11. The van der Waals surface area contributed by atoms with E-state index in [1.807, 2.05) is 0 Å². The highest BCUT2D eigenvalue weighted by atomic mass is 19.1. The van der Waals surface area contributed by atoms with Gasteiger partial charge in [0.1, 0.15) is 5.82 Å². The summed E-state index contributed by atoms with van der Waals surface area (Å²) in [5, 5.41) is 9.86. The highest BCUT2D eigenvalue weighted by molar-refractivity contribution is 5.41. The van der Waals surface area contributed by atoms with E-state index in [1.54, 1.807) is 6.07 Å². The van der Waals surface area contributed by atoms with Gasteiger partial charge in [-0.1, -0.05) is 17.3 Å². The zero-order chi connectivity index (χ0) is 6.69. The number of benzene rings is 1. The third-order valence-electron chi connectivity index (χ3n) is 0.984. The van der Waals surface area contributed by atoms with Crippen molar-refractivity contribution >= 4 is 5.69 Å². The van der Waals surface area contributed by atoms with Gasteiger partial charge < -0.3 is 0 Å². The van der Waals surface area contributed by atoms with Gasteiger partial charge in [-0.2, -0.15) is 0 Å². The Kier molecular flexibility index (Phi) is 1.65. The van der Waals surface area contributed by atoms with Gasteiger partial charge in [0.15, 0.2) is 0 Å². The summed E-state index contributed by atoms with van der Waals surface area (Å²) < 4.78 is 12.3. The van der Waals surface area contributed by atoms with E-state index >= 15 is 0 Å². The zero-order valence-corrected chi connectivity index (χ0v) is 4.60. The number of hydrogen-bond donors (Lipinski definition) is 1. The lowest BCUT2D eigenvalue weighted by molar-refractivity contribution is 0.272. The maximum atomic E-state index is 12.3. The summed E-state index contributed by atoms with van der Waals surface area (Å²) in [6.07, 6.45) is 0. The van der Waals surface area contributed by atoms with Crippen molar-refractivity contribution in [3.63, 3.8) is 0 Å². The molecule has 0 aliphatic carbocycles. The monoisotopic (exact) mass is 126 g/mol. The number of anilines is 1. The lowest BCUT2D eigenvalue weighted by Gasteiger charge is -1.94. The first kappa shape index (κ1) is 6.04. The molecule has 0 unspecified atom stereocenters. The number of rotatable bonds is 1. The van der Waals surface area contributed by atoms with E-state index in [-0.39, 0.29) is 5.69 Å². The number of hydrogen-bond acceptors (Lipinski definition) is 1. The van der Waals surface area contributed by atoms with Crippen molar-refractivity contribution in [2.24, 2.45) is 0 Å². The van der Waals surface area contributed by atoms with Crippen LogP contribution in [0.3, 0.4) is 0 Å². The summed E-state index contributed by atoms with van der Waals surface area (Å²) in [4.78, 5) is 0. The molecule has 0 bridgehead atoms. The summed E-state index contributed by atoms with van der Waals surface area (Å²) in [7, 11) is 0. The third kappa shape index (κ3) is 1.17. The maximum absolute atomic E-state index is 12.3. The first-order valence-corrected chi connectivity index (χ1v) is 2.47. The summed E-state index contributed by atoms with van der Waals surface area (Å²) in [5.41, 5.74) is 1.45. The molecule has 1 N–H and O–H groups in total. The molecule has 1 aromatic rings. The highest BCUT2D eigenvalue weighted by Crippen LogP contribution is 2.10. The van der Waals surface area contributed by atoms with Crippen molar-refractivity contribution in [3.05, 3.63) is 30.1 Å². The minimum absolute atomic E-state index is 0.0162. The first-order valence-electron chi connectivity index (χ1n) is 2.47. The molecule has 1 aromatic carbocycles. The SMILES string of the molecule is [O]Nc1ccccc1F. The number of nitrogens with one attached hydrogen (secondary N) is 1. The van der Waals surface area contributed by atoms with Crippen molar-refractivity contribution in [1.82, 2.24) is 0 Å². The zero-order valence-electron chi connectivity index (χ0n) is 4.60. The minimum Gasteiger partial charge on any atom is -0.230 e. The van der Waals surface area contributed by atoms with E-state index in [1.165, 1.54) is 23.7 Å². The second-order valence-electron chi connectivity index (χ2n) is 1.58. The quantitative estimate of drug-likeness (QED) is 0.569. The van der Waals surface area contributed by atoms with Crippen molar-refractivity contribution in [2.45, 2.75) is 0 Å². The average molecular weight is 126 g/mol. The van der Waals surface area contributed by atoms with Crippen molar-refractivity contribution < 1.29 is 9.60 Å². The molecule has 0 saturated carbocycles. The second-order valence-corrected chi connectivity index (χ2v) is 1.58. The van der Waals surface area contributed by atoms with E-state index in [9.17, 15) is 9.60 Å². The molecule has 0 aliphatic heterocycles. The lowest BCUT2D eigenvalue weighted by Crippen LogP contribution is -1.89. The molecular formula is C6H5FNO. The summed E-state index contributed by atoms with van der Waals surface area (Å²) >= 11 is 0. The lowest BCUT2D eigenvalue weighted by atomic mass is 10.3. The molecule has 0 saturated heterocycles. The Morgan fingerprint density at radius 3 is 2.44 bits per heavy atom. The van der Waals surface area contributed by atoms with Gasteiger partial charge in [0.2, 0.25) is 0 Å². The first-order chi connectivity index (χ1) is 4.34. The second kappa shape index (κ2) is 2.46. The molecule has 0 aromatic heterocycles. The van der Waals surface area contributed by atoms with Gasteiger partial charge in [-0.3, -0.25) is 0 Å². The van der Waals surface area contributed by atoms with Gasteiger partial charge in [-0.25, -0.2) is 9.87 Å². The van der Waals surface area contributed by atoms with Crippen LogP contribution < -0.4 is 5.48 Å². The van der Waals surface area contributed by atoms with Crippen LogP contribution in [-0.4, -0.2) is 0 Å². The standard InChI is InChI=1S/C6H5FNO/c7-5-3-1-2-4-6(5)8-9/h1-4,8H. The summed E-state index contributed by atoms with van der Waals surface area (Å²) in [6.45, 7) is 0. The molecule has 1 rings (SSSR count). The van der Waals surface area contributed by atoms with Gasteiger partial charge in [0, 0.05) is 0 Å². The molecule has 0 aliphatic rings. The molecular weight excluding hydrogens is 121 g/mol. The van der Waals surface area contributed by atoms with Crippen LogP contribution in [0.15, 0.2) is 24.3 Å². The molecule has 2 nitrogen and oxygen atoms in total.